The van der Waals surface area contributed by atoms with E-state index < -0.39 is 5.69 Å². The summed E-state index contributed by atoms with van der Waals surface area (Å²) in [4.78, 5) is 41.5. The van der Waals surface area contributed by atoms with Crippen molar-refractivity contribution in [3.8, 4) is 0 Å². The Labute approximate surface area is 149 Å². The van der Waals surface area contributed by atoms with Crippen LogP contribution < -0.4 is 16.6 Å². The summed E-state index contributed by atoms with van der Waals surface area (Å²) in [5, 5.41) is 3.22. The molecule has 0 saturated heterocycles. The molecule has 0 saturated carbocycles. The number of nitrogens with zero attached hydrogens (tertiary/aromatic N) is 3. The Morgan fingerprint density at radius 1 is 1.08 bits per heavy atom. The normalized spacial score (nSPS) is 10.8. The summed E-state index contributed by atoms with van der Waals surface area (Å²) in [7, 11) is 0. The first kappa shape index (κ1) is 17.6. The lowest BCUT2D eigenvalue weighted by molar-refractivity contribution is -0.121. The average molecular weight is 352 g/mol. The number of para-hydroxylation sites is 1. The van der Waals surface area contributed by atoms with Gasteiger partial charge in [-0.3, -0.25) is 23.7 Å². The maximum Gasteiger partial charge on any atom is 0.331 e. The third kappa shape index (κ3) is 3.56. The van der Waals surface area contributed by atoms with Crippen molar-refractivity contribution >= 4 is 16.8 Å². The lowest BCUT2D eigenvalue weighted by atomic mass is 10.2. The minimum absolute atomic E-state index is 0.137. The van der Waals surface area contributed by atoms with Gasteiger partial charge in [0.25, 0.3) is 5.56 Å². The number of carbonyl (C=O) groups excluding carboxylic acids is 1. The van der Waals surface area contributed by atoms with Crippen molar-refractivity contribution in [1.82, 2.24) is 19.4 Å². The molecule has 0 bridgehead atoms. The minimum atomic E-state index is -0.476. The van der Waals surface area contributed by atoms with Gasteiger partial charge >= 0.3 is 5.69 Å². The van der Waals surface area contributed by atoms with E-state index in [-0.39, 0.29) is 24.6 Å². The topological polar surface area (TPSA) is 86.0 Å². The van der Waals surface area contributed by atoms with E-state index in [1.807, 2.05) is 18.2 Å². The van der Waals surface area contributed by atoms with E-state index in [2.05, 4.69) is 10.3 Å². The molecule has 0 aliphatic carbocycles. The molecule has 1 N–H and O–H groups in total. The summed E-state index contributed by atoms with van der Waals surface area (Å²) in [5.41, 5.74) is 0.540. The highest BCUT2D eigenvalue weighted by Gasteiger charge is 2.14. The van der Waals surface area contributed by atoms with E-state index in [1.54, 1.807) is 37.4 Å². The zero-order valence-electron chi connectivity index (χ0n) is 14.5. The largest absolute Gasteiger partial charge is 0.354 e. The Hall–Kier alpha value is -3.22. The number of amides is 1. The van der Waals surface area contributed by atoms with Crippen molar-refractivity contribution in [2.75, 3.05) is 6.54 Å². The fourth-order valence-corrected chi connectivity index (χ4v) is 2.88. The van der Waals surface area contributed by atoms with Gasteiger partial charge in [-0.1, -0.05) is 18.2 Å². The number of hydrogen-bond acceptors (Lipinski definition) is 4. The quantitative estimate of drug-likeness (QED) is 0.715. The van der Waals surface area contributed by atoms with Crippen molar-refractivity contribution < 1.29 is 4.79 Å². The number of carbonyl (C=O) groups is 1. The Kier molecular flexibility index (Phi) is 5.26. The predicted octanol–water partition coefficient (Wildman–Crippen LogP) is 0.937. The van der Waals surface area contributed by atoms with Gasteiger partial charge in [-0.2, -0.15) is 0 Å². The number of nitrogens with one attached hydrogen (secondary N) is 1. The van der Waals surface area contributed by atoms with Crippen LogP contribution in [0.4, 0.5) is 0 Å². The predicted molar refractivity (Wildman–Crippen MR) is 99.1 cm³/mol. The summed E-state index contributed by atoms with van der Waals surface area (Å²) < 4.78 is 2.49. The lowest BCUT2D eigenvalue weighted by Gasteiger charge is -2.13. The second kappa shape index (κ2) is 7.77. The molecular weight excluding hydrogens is 332 g/mol. The molecule has 3 aromatic rings. The highest BCUT2D eigenvalue weighted by atomic mass is 16.2. The van der Waals surface area contributed by atoms with E-state index >= 15 is 0 Å². The molecule has 0 spiro atoms. The highest BCUT2D eigenvalue weighted by molar-refractivity contribution is 5.81. The van der Waals surface area contributed by atoms with E-state index in [0.717, 1.165) is 10.3 Å². The van der Waals surface area contributed by atoms with Crippen LogP contribution in [0.15, 0.2) is 58.3 Å². The molecule has 0 aliphatic rings. The summed E-state index contributed by atoms with van der Waals surface area (Å²) in [6.45, 7) is 2.27. The van der Waals surface area contributed by atoms with E-state index in [4.69, 9.17) is 0 Å². The molecular formula is C19H20N4O3. The molecule has 1 aromatic carbocycles. The van der Waals surface area contributed by atoms with Crippen LogP contribution in [0, 0.1) is 0 Å². The number of pyridine rings is 1. The van der Waals surface area contributed by atoms with Gasteiger partial charge in [0.15, 0.2) is 0 Å². The zero-order chi connectivity index (χ0) is 18.5. The summed E-state index contributed by atoms with van der Waals surface area (Å²) in [6, 6.07) is 12.4. The molecule has 2 aromatic heterocycles. The molecule has 0 atom stereocenters. The molecule has 26 heavy (non-hydrogen) atoms. The number of rotatable bonds is 6. The third-order valence-corrected chi connectivity index (χ3v) is 4.18. The monoisotopic (exact) mass is 352 g/mol. The third-order valence-electron chi connectivity index (χ3n) is 4.18. The first-order valence-electron chi connectivity index (χ1n) is 8.50. The summed E-state index contributed by atoms with van der Waals surface area (Å²) in [6.07, 6.45) is 2.31. The van der Waals surface area contributed by atoms with Crippen molar-refractivity contribution in [2.24, 2.45) is 0 Å². The van der Waals surface area contributed by atoms with Crippen LogP contribution in [0.2, 0.25) is 0 Å². The SMILES string of the molecule is CCn1c(=O)c2ccccc2n(CC(=O)NCCc2ccccn2)c1=O. The smallest absolute Gasteiger partial charge is 0.331 e. The van der Waals surface area contributed by atoms with E-state index in [9.17, 15) is 14.4 Å². The Balaban J connectivity index is 1.81. The van der Waals surface area contributed by atoms with E-state index in [1.165, 1.54) is 4.57 Å². The van der Waals surface area contributed by atoms with Gasteiger partial charge < -0.3 is 5.32 Å². The highest BCUT2D eigenvalue weighted by Crippen LogP contribution is 2.07. The summed E-state index contributed by atoms with van der Waals surface area (Å²) in [5.74, 6) is -0.283. The molecule has 0 radical (unpaired) electrons. The molecule has 134 valence electrons. The molecule has 0 unspecified atom stereocenters. The van der Waals surface area contributed by atoms with Crippen LogP contribution >= 0.6 is 0 Å². The van der Waals surface area contributed by atoms with Gasteiger partial charge in [0.1, 0.15) is 6.54 Å². The van der Waals surface area contributed by atoms with Gasteiger partial charge in [0.2, 0.25) is 5.91 Å². The standard InChI is InChI=1S/C19H20N4O3/c1-2-22-18(25)15-8-3-4-9-16(15)23(19(22)26)13-17(24)21-12-10-14-7-5-6-11-20-14/h3-9,11H,2,10,12-13H2,1H3,(H,21,24). The van der Waals surface area contributed by atoms with Crippen molar-refractivity contribution in [1.29, 1.82) is 0 Å². The van der Waals surface area contributed by atoms with Gasteiger partial charge in [-0.25, -0.2) is 4.79 Å². The number of aromatic nitrogens is 3. The van der Waals surface area contributed by atoms with Crippen LogP contribution in [0.25, 0.3) is 10.9 Å². The molecule has 0 fully saturated rings. The Morgan fingerprint density at radius 2 is 1.85 bits per heavy atom. The minimum Gasteiger partial charge on any atom is -0.354 e. The molecule has 7 heteroatoms. The number of benzene rings is 1. The first-order valence-corrected chi connectivity index (χ1v) is 8.50. The average Bonchev–Trinajstić information content (AvgIpc) is 2.66. The second-order valence-corrected chi connectivity index (χ2v) is 5.86. The maximum absolute atomic E-state index is 12.6. The molecule has 0 aliphatic heterocycles. The Bertz CT molecular complexity index is 1040. The lowest BCUT2D eigenvalue weighted by Crippen LogP contribution is -2.42. The van der Waals surface area contributed by atoms with Crippen LogP contribution in [-0.2, 0) is 24.3 Å². The Morgan fingerprint density at radius 3 is 2.58 bits per heavy atom. The zero-order valence-corrected chi connectivity index (χ0v) is 14.5. The van der Waals surface area contributed by atoms with Crippen LogP contribution in [0.3, 0.4) is 0 Å². The molecule has 2 heterocycles. The van der Waals surface area contributed by atoms with E-state index in [0.29, 0.717) is 23.9 Å². The molecule has 3 rings (SSSR count). The number of fused-ring (bicyclic) bond motifs is 1. The van der Waals surface area contributed by atoms with Crippen LogP contribution in [0.5, 0.6) is 0 Å². The fourth-order valence-electron chi connectivity index (χ4n) is 2.88. The van der Waals surface area contributed by atoms with Gasteiger partial charge in [0, 0.05) is 31.4 Å². The molecule has 7 nitrogen and oxygen atoms in total. The van der Waals surface area contributed by atoms with Crippen molar-refractivity contribution in [3.05, 3.63) is 75.2 Å². The van der Waals surface area contributed by atoms with Gasteiger partial charge in [0.05, 0.1) is 10.9 Å². The van der Waals surface area contributed by atoms with Crippen LogP contribution in [-0.4, -0.2) is 26.6 Å². The van der Waals surface area contributed by atoms with Crippen LogP contribution in [0.1, 0.15) is 12.6 Å². The first-order chi connectivity index (χ1) is 12.6. The van der Waals surface area contributed by atoms with Crippen molar-refractivity contribution in [3.63, 3.8) is 0 Å². The van der Waals surface area contributed by atoms with Gasteiger partial charge in [-0.15, -0.1) is 0 Å². The second-order valence-electron chi connectivity index (χ2n) is 5.86. The number of hydrogen-bond donors (Lipinski definition) is 1. The fraction of sp³-hybridized carbons (Fsp3) is 0.263. The van der Waals surface area contributed by atoms with Crippen molar-refractivity contribution in [2.45, 2.75) is 26.4 Å². The maximum atomic E-state index is 12.6. The van der Waals surface area contributed by atoms with Gasteiger partial charge in [-0.05, 0) is 31.2 Å². The molecule has 1 amide bonds. The summed E-state index contributed by atoms with van der Waals surface area (Å²) >= 11 is 0.